The van der Waals surface area contributed by atoms with Gasteiger partial charge in [0.25, 0.3) is 5.91 Å². The average molecular weight is 348 g/mol. The summed E-state index contributed by atoms with van der Waals surface area (Å²) >= 11 is 0. The standard InChI is InChI=1S/C22H24N2O2/c1-15(2)20-17(7-8-19(25)23-20)21(26)24-13-11-22(12-14-24)10-9-16-5-3-4-6-18(16)22/h3-10,15H,11-14H2,1-2H3,(H,23,25). The van der Waals surface area contributed by atoms with Crippen molar-refractivity contribution in [3.05, 3.63) is 75.2 Å². The summed E-state index contributed by atoms with van der Waals surface area (Å²) in [5.41, 5.74) is 3.95. The summed E-state index contributed by atoms with van der Waals surface area (Å²) in [7, 11) is 0. The minimum absolute atomic E-state index is 0.0232. The third kappa shape index (κ3) is 2.70. The number of hydrogen-bond donors (Lipinski definition) is 1. The van der Waals surface area contributed by atoms with E-state index in [1.807, 2.05) is 18.7 Å². The Labute approximate surface area is 153 Å². The molecule has 2 heterocycles. The molecule has 0 bridgehead atoms. The maximum Gasteiger partial charge on any atom is 0.255 e. The van der Waals surface area contributed by atoms with E-state index in [2.05, 4.69) is 41.4 Å². The lowest BCUT2D eigenvalue weighted by molar-refractivity contribution is 0.0688. The molecule has 1 saturated heterocycles. The van der Waals surface area contributed by atoms with Crippen molar-refractivity contribution in [2.75, 3.05) is 13.1 Å². The van der Waals surface area contributed by atoms with E-state index in [0.29, 0.717) is 5.56 Å². The number of H-pyrrole nitrogens is 1. The van der Waals surface area contributed by atoms with E-state index in [9.17, 15) is 9.59 Å². The molecule has 0 atom stereocenters. The van der Waals surface area contributed by atoms with Gasteiger partial charge in [-0.05, 0) is 36.0 Å². The Morgan fingerprint density at radius 3 is 2.58 bits per heavy atom. The highest BCUT2D eigenvalue weighted by Crippen LogP contribution is 2.43. The highest BCUT2D eigenvalue weighted by molar-refractivity contribution is 5.95. The van der Waals surface area contributed by atoms with Crippen LogP contribution in [0.25, 0.3) is 6.08 Å². The topological polar surface area (TPSA) is 53.2 Å². The molecule has 4 rings (SSSR count). The smallest absolute Gasteiger partial charge is 0.255 e. The number of likely N-dealkylation sites (tertiary alicyclic amines) is 1. The first-order chi connectivity index (χ1) is 12.5. The number of aromatic nitrogens is 1. The van der Waals surface area contributed by atoms with Crippen molar-refractivity contribution in [3.8, 4) is 0 Å². The molecule has 4 nitrogen and oxygen atoms in total. The number of benzene rings is 1. The Balaban J connectivity index is 1.56. The van der Waals surface area contributed by atoms with Crippen LogP contribution in [0.4, 0.5) is 0 Å². The number of amides is 1. The third-order valence-corrected chi connectivity index (χ3v) is 5.78. The van der Waals surface area contributed by atoms with Gasteiger partial charge in [-0.3, -0.25) is 9.59 Å². The number of pyridine rings is 1. The molecule has 0 radical (unpaired) electrons. The van der Waals surface area contributed by atoms with Crippen molar-refractivity contribution in [2.24, 2.45) is 0 Å². The summed E-state index contributed by atoms with van der Waals surface area (Å²) in [6.45, 7) is 5.45. The van der Waals surface area contributed by atoms with Crippen LogP contribution >= 0.6 is 0 Å². The van der Waals surface area contributed by atoms with Gasteiger partial charge in [0, 0.05) is 30.3 Å². The van der Waals surface area contributed by atoms with Crippen LogP contribution in [0.2, 0.25) is 0 Å². The summed E-state index contributed by atoms with van der Waals surface area (Å²) in [6, 6.07) is 11.7. The number of hydrogen-bond acceptors (Lipinski definition) is 2. The quantitative estimate of drug-likeness (QED) is 0.900. The lowest BCUT2D eigenvalue weighted by Gasteiger charge is -2.39. The number of piperidine rings is 1. The number of carbonyl (C=O) groups excluding carboxylic acids is 1. The molecular weight excluding hydrogens is 324 g/mol. The first kappa shape index (κ1) is 16.8. The van der Waals surface area contributed by atoms with Crippen LogP contribution in [0, 0.1) is 0 Å². The van der Waals surface area contributed by atoms with Gasteiger partial charge in [0.05, 0.1) is 5.56 Å². The molecule has 134 valence electrons. The van der Waals surface area contributed by atoms with Gasteiger partial charge in [0.2, 0.25) is 5.56 Å². The Morgan fingerprint density at radius 1 is 1.12 bits per heavy atom. The summed E-state index contributed by atoms with van der Waals surface area (Å²) in [6.07, 6.45) is 6.41. The second-order valence-corrected chi connectivity index (χ2v) is 7.67. The summed E-state index contributed by atoms with van der Waals surface area (Å²) in [4.78, 5) is 29.5. The second-order valence-electron chi connectivity index (χ2n) is 7.67. The van der Waals surface area contributed by atoms with Gasteiger partial charge in [-0.25, -0.2) is 0 Å². The SMILES string of the molecule is CC(C)c1[nH]c(=O)ccc1C(=O)N1CCC2(C=Cc3ccccc32)CC1. The fraction of sp³-hybridized carbons (Fsp3) is 0.364. The van der Waals surface area contributed by atoms with Crippen LogP contribution in [0.3, 0.4) is 0 Å². The molecule has 1 spiro atoms. The zero-order valence-electron chi connectivity index (χ0n) is 15.3. The number of nitrogens with zero attached hydrogens (tertiary/aromatic N) is 1. The molecule has 0 saturated carbocycles. The highest BCUT2D eigenvalue weighted by atomic mass is 16.2. The normalized spacial score (nSPS) is 17.7. The number of rotatable bonds is 2. The van der Waals surface area contributed by atoms with E-state index in [1.165, 1.54) is 17.2 Å². The molecule has 1 fully saturated rings. The number of nitrogens with one attached hydrogen (secondary N) is 1. The molecule has 2 aromatic rings. The van der Waals surface area contributed by atoms with E-state index < -0.39 is 0 Å². The number of fused-ring (bicyclic) bond motifs is 2. The van der Waals surface area contributed by atoms with E-state index >= 15 is 0 Å². The van der Waals surface area contributed by atoms with Gasteiger partial charge in [-0.15, -0.1) is 0 Å². The summed E-state index contributed by atoms with van der Waals surface area (Å²) in [5.74, 6) is 0.124. The molecule has 0 unspecified atom stereocenters. The zero-order valence-corrected chi connectivity index (χ0v) is 15.3. The molecule has 4 heteroatoms. The van der Waals surface area contributed by atoms with Gasteiger partial charge in [0.15, 0.2) is 0 Å². The van der Waals surface area contributed by atoms with E-state index in [-0.39, 0.29) is 22.8 Å². The van der Waals surface area contributed by atoms with Crippen molar-refractivity contribution < 1.29 is 4.79 Å². The third-order valence-electron chi connectivity index (χ3n) is 5.78. The Bertz CT molecular complexity index is 931. The van der Waals surface area contributed by atoms with Gasteiger partial charge in [0.1, 0.15) is 0 Å². The molecule has 1 amide bonds. The largest absolute Gasteiger partial charge is 0.339 e. The molecule has 2 aliphatic rings. The second kappa shape index (κ2) is 6.27. The minimum Gasteiger partial charge on any atom is -0.339 e. The van der Waals surface area contributed by atoms with Gasteiger partial charge < -0.3 is 9.88 Å². The monoisotopic (exact) mass is 348 g/mol. The van der Waals surface area contributed by atoms with Crippen LogP contribution in [0.15, 0.2) is 47.3 Å². The average Bonchev–Trinajstić information content (AvgIpc) is 3.00. The van der Waals surface area contributed by atoms with Crippen LogP contribution in [-0.4, -0.2) is 28.9 Å². The lowest BCUT2D eigenvalue weighted by Crippen LogP contribution is -2.44. The number of aromatic amines is 1. The van der Waals surface area contributed by atoms with E-state index in [1.54, 1.807) is 6.07 Å². The minimum atomic E-state index is -0.157. The molecule has 1 aromatic heterocycles. The first-order valence-corrected chi connectivity index (χ1v) is 9.31. The predicted molar refractivity (Wildman–Crippen MR) is 103 cm³/mol. The Kier molecular flexibility index (Phi) is 4.06. The molecule has 26 heavy (non-hydrogen) atoms. The van der Waals surface area contributed by atoms with Crippen molar-refractivity contribution in [2.45, 2.75) is 38.0 Å². The molecule has 1 aliphatic heterocycles. The summed E-state index contributed by atoms with van der Waals surface area (Å²) in [5, 5.41) is 0. The van der Waals surface area contributed by atoms with Crippen molar-refractivity contribution in [1.82, 2.24) is 9.88 Å². The zero-order chi connectivity index (χ0) is 18.3. The van der Waals surface area contributed by atoms with Crippen LogP contribution in [-0.2, 0) is 5.41 Å². The Morgan fingerprint density at radius 2 is 1.85 bits per heavy atom. The van der Waals surface area contributed by atoms with Gasteiger partial charge in [-0.1, -0.05) is 50.3 Å². The highest BCUT2D eigenvalue weighted by Gasteiger charge is 2.39. The van der Waals surface area contributed by atoms with E-state index in [0.717, 1.165) is 31.6 Å². The van der Waals surface area contributed by atoms with Crippen molar-refractivity contribution >= 4 is 12.0 Å². The van der Waals surface area contributed by atoms with Crippen LogP contribution in [0.1, 0.15) is 59.8 Å². The molecule has 1 aliphatic carbocycles. The van der Waals surface area contributed by atoms with Crippen molar-refractivity contribution in [1.29, 1.82) is 0 Å². The molecule has 1 aromatic carbocycles. The maximum atomic E-state index is 13.1. The van der Waals surface area contributed by atoms with Crippen LogP contribution < -0.4 is 5.56 Å². The maximum absolute atomic E-state index is 13.1. The molecular formula is C22H24N2O2. The molecule has 1 N–H and O–H groups in total. The fourth-order valence-electron chi connectivity index (χ4n) is 4.28. The lowest BCUT2D eigenvalue weighted by atomic mass is 9.74. The number of allylic oxidation sites excluding steroid dienone is 1. The van der Waals surface area contributed by atoms with Crippen molar-refractivity contribution in [3.63, 3.8) is 0 Å². The van der Waals surface area contributed by atoms with Gasteiger partial charge in [-0.2, -0.15) is 0 Å². The van der Waals surface area contributed by atoms with Gasteiger partial charge >= 0.3 is 0 Å². The summed E-state index contributed by atoms with van der Waals surface area (Å²) < 4.78 is 0. The number of carbonyl (C=O) groups is 1. The van der Waals surface area contributed by atoms with E-state index in [4.69, 9.17) is 0 Å². The predicted octanol–water partition coefficient (Wildman–Crippen LogP) is 3.70. The first-order valence-electron chi connectivity index (χ1n) is 9.31. The van der Waals surface area contributed by atoms with Crippen LogP contribution in [0.5, 0.6) is 0 Å². The fourth-order valence-corrected chi connectivity index (χ4v) is 4.28. The Hall–Kier alpha value is -2.62.